The summed E-state index contributed by atoms with van der Waals surface area (Å²) in [6.07, 6.45) is 4.96. The first-order chi connectivity index (χ1) is 16.2. The van der Waals surface area contributed by atoms with Crippen molar-refractivity contribution in [1.82, 2.24) is 5.43 Å². The second-order valence-corrected chi connectivity index (χ2v) is 9.22. The minimum Gasteiger partial charge on any atom is -0.496 e. The number of fused-ring (bicyclic) bond motifs is 1. The van der Waals surface area contributed by atoms with Crippen molar-refractivity contribution in [3.8, 4) is 11.5 Å². The van der Waals surface area contributed by atoms with Gasteiger partial charge in [0.1, 0.15) is 11.5 Å². The predicted molar refractivity (Wildman–Crippen MR) is 140 cm³/mol. The number of benzene rings is 2. The number of hydrazone groups is 1. The highest BCUT2D eigenvalue weighted by Gasteiger charge is 2.31. The maximum Gasteiger partial charge on any atom is 0.277 e. The zero-order valence-corrected chi connectivity index (χ0v) is 21.3. The molecule has 0 aromatic heterocycles. The first kappa shape index (κ1) is 25.1. The van der Waals surface area contributed by atoms with E-state index in [2.05, 4.69) is 61.3 Å². The molecule has 1 aliphatic heterocycles. The fourth-order valence-corrected chi connectivity index (χ4v) is 4.24. The standard InChI is InChI=1S/C27H36N4O3/c1-8-12-31-24-15-25(33-7)20(13-23(24)19(2)16-27(31,3)4)17-28-29-26(32)18-34-22-11-9-10-21(14-22)30(5)6/h9-11,13-17H,8,12,18H2,1-7H3,(H,29,32)/b28-17+. The van der Waals surface area contributed by atoms with Gasteiger partial charge in [0.05, 0.1) is 18.9 Å². The van der Waals surface area contributed by atoms with Gasteiger partial charge in [-0.05, 0) is 51.0 Å². The van der Waals surface area contributed by atoms with Crippen molar-refractivity contribution in [3.05, 3.63) is 53.6 Å². The summed E-state index contributed by atoms with van der Waals surface area (Å²) < 4.78 is 11.3. The molecule has 7 heteroatoms. The van der Waals surface area contributed by atoms with Crippen LogP contribution in [-0.2, 0) is 4.79 Å². The van der Waals surface area contributed by atoms with Gasteiger partial charge in [0.2, 0.25) is 0 Å². The molecule has 7 nitrogen and oxygen atoms in total. The number of rotatable bonds is 9. The molecular formula is C27H36N4O3. The van der Waals surface area contributed by atoms with Crippen LogP contribution in [0.2, 0.25) is 0 Å². The summed E-state index contributed by atoms with van der Waals surface area (Å²) in [5, 5.41) is 4.14. The van der Waals surface area contributed by atoms with Gasteiger partial charge >= 0.3 is 0 Å². The summed E-state index contributed by atoms with van der Waals surface area (Å²) in [6.45, 7) is 9.59. The topological polar surface area (TPSA) is 66.4 Å². The predicted octanol–water partition coefficient (Wildman–Crippen LogP) is 4.70. The molecule has 0 fully saturated rings. The first-order valence-electron chi connectivity index (χ1n) is 11.6. The van der Waals surface area contributed by atoms with Crippen molar-refractivity contribution >= 4 is 29.1 Å². The van der Waals surface area contributed by atoms with E-state index in [1.807, 2.05) is 43.3 Å². The average molecular weight is 465 g/mol. The Bertz CT molecular complexity index is 1090. The molecule has 1 amide bonds. The minimum absolute atomic E-state index is 0.0756. The molecule has 2 aromatic carbocycles. The van der Waals surface area contributed by atoms with E-state index in [9.17, 15) is 4.79 Å². The molecule has 0 atom stereocenters. The number of carbonyl (C=O) groups excluding carboxylic acids is 1. The smallest absolute Gasteiger partial charge is 0.277 e. The molecule has 0 saturated carbocycles. The summed E-state index contributed by atoms with van der Waals surface area (Å²) in [7, 11) is 5.55. The van der Waals surface area contributed by atoms with E-state index < -0.39 is 0 Å². The zero-order chi connectivity index (χ0) is 24.9. The number of ether oxygens (including phenoxy) is 2. The molecule has 182 valence electrons. The quantitative estimate of drug-likeness (QED) is 0.430. The van der Waals surface area contributed by atoms with Gasteiger partial charge in [-0.3, -0.25) is 4.79 Å². The number of amides is 1. The van der Waals surface area contributed by atoms with E-state index in [-0.39, 0.29) is 18.1 Å². The van der Waals surface area contributed by atoms with Crippen LogP contribution in [0, 0.1) is 0 Å². The second-order valence-electron chi connectivity index (χ2n) is 9.22. The Kier molecular flexibility index (Phi) is 7.87. The molecule has 0 spiro atoms. The van der Waals surface area contributed by atoms with E-state index in [4.69, 9.17) is 9.47 Å². The number of methoxy groups -OCH3 is 1. The van der Waals surface area contributed by atoms with Gasteiger partial charge in [0.25, 0.3) is 5.91 Å². The van der Waals surface area contributed by atoms with E-state index in [1.165, 1.54) is 5.57 Å². The van der Waals surface area contributed by atoms with Crippen molar-refractivity contribution in [1.29, 1.82) is 0 Å². The summed E-state index contributed by atoms with van der Waals surface area (Å²) >= 11 is 0. The molecule has 2 aromatic rings. The SMILES string of the molecule is CCCN1c2cc(OC)c(/C=N/NC(=O)COc3cccc(N(C)C)c3)cc2C(C)=CC1(C)C. The van der Waals surface area contributed by atoms with Crippen molar-refractivity contribution in [2.75, 3.05) is 44.2 Å². The van der Waals surface area contributed by atoms with Gasteiger partial charge in [0, 0.05) is 55.3 Å². The second kappa shape index (κ2) is 10.6. The molecule has 1 heterocycles. The first-order valence-corrected chi connectivity index (χ1v) is 11.6. The average Bonchev–Trinajstić information content (AvgIpc) is 2.80. The molecule has 1 N–H and O–H groups in total. The van der Waals surface area contributed by atoms with E-state index in [0.29, 0.717) is 11.5 Å². The maximum atomic E-state index is 12.2. The number of nitrogens with zero attached hydrogens (tertiary/aromatic N) is 3. The van der Waals surface area contributed by atoms with Crippen LogP contribution < -0.4 is 24.7 Å². The highest BCUT2D eigenvalue weighted by molar-refractivity contribution is 5.91. The van der Waals surface area contributed by atoms with Crippen LogP contribution in [0.4, 0.5) is 11.4 Å². The lowest BCUT2D eigenvalue weighted by molar-refractivity contribution is -0.123. The number of hydrogen-bond acceptors (Lipinski definition) is 6. The Morgan fingerprint density at radius 2 is 2.00 bits per heavy atom. The van der Waals surface area contributed by atoms with Crippen LogP contribution in [0.25, 0.3) is 5.57 Å². The van der Waals surface area contributed by atoms with E-state index in [1.54, 1.807) is 13.3 Å². The van der Waals surface area contributed by atoms with Crippen LogP contribution in [0.15, 0.2) is 47.6 Å². The third kappa shape index (κ3) is 5.71. The van der Waals surface area contributed by atoms with Gasteiger partial charge in [-0.2, -0.15) is 5.10 Å². The fraction of sp³-hybridized carbons (Fsp3) is 0.407. The Hall–Kier alpha value is -3.48. The van der Waals surface area contributed by atoms with Crippen LogP contribution in [-0.4, -0.2) is 52.0 Å². The van der Waals surface area contributed by atoms with E-state index >= 15 is 0 Å². The lowest BCUT2D eigenvalue weighted by Crippen LogP contribution is -2.45. The van der Waals surface area contributed by atoms with Crippen LogP contribution in [0.5, 0.6) is 11.5 Å². The summed E-state index contributed by atoms with van der Waals surface area (Å²) in [5.74, 6) is 0.999. The third-order valence-electron chi connectivity index (χ3n) is 5.87. The molecule has 0 bridgehead atoms. The van der Waals surface area contributed by atoms with Crippen molar-refractivity contribution in [2.24, 2.45) is 5.10 Å². The lowest BCUT2D eigenvalue weighted by atomic mass is 9.87. The molecule has 0 unspecified atom stereocenters. The number of nitrogens with one attached hydrogen (secondary N) is 1. The third-order valence-corrected chi connectivity index (χ3v) is 5.87. The van der Waals surface area contributed by atoms with Gasteiger partial charge in [-0.15, -0.1) is 0 Å². The maximum absolute atomic E-state index is 12.2. The molecule has 3 rings (SSSR count). The largest absolute Gasteiger partial charge is 0.496 e. The molecule has 0 saturated heterocycles. The van der Waals surface area contributed by atoms with Crippen LogP contribution in [0.3, 0.4) is 0 Å². The molecule has 1 aliphatic rings. The minimum atomic E-state index is -0.338. The van der Waals surface area contributed by atoms with Gasteiger partial charge < -0.3 is 19.3 Å². The molecular weight excluding hydrogens is 428 g/mol. The monoisotopic (exact) mass is 464 g/mol. The van der Waals surface area contributed by atoms with E-state index in [0.717, 1.165) is 35.5 Å². The number of hydrogen-bond donors (Lipinski definition) is 1. The molecule has 0 aliphatic carbocycles. The molecule has 0 radical (unpaired) electrons. The van der Waals surface area contributed by atoms with Gasteiger partial charge in [-0.25, -0.2) is 5.43 Å². The van der Waals surface area contributed by atoms with Crippen molar-refractivity contribution in [2.45, 2.75) is 39.7 Å². The number of carbonyl (C=O) groups is 1. The Morgan fingerprint density at radius 3 is 2.68 bits per heavy atom. The number of anilines is 2. The zero-order valence-electron chi connectivity index (χ0n) is 21.3. The van der Waals surface area contributed by atoms with Crippen molar-refractivity contribution in [3.63, 3.8) is 0 Å². The highest BCUT2D eigenvalue weighted by atomic mass is 16.5. The Balaban J connectivity index is 1.72. The van der Waals surface area contributed by atoms with Crippen LogP contribution in [0.1, 0.15) is 45.2 Å². The summed E-state index contributed by atoms with van der Waals surface area (Å²) in [4.78, 5) is 16.6. The number of allylic oxidation sites excluding steroid dienone is 1. The van der Waals surface area contributed by atoms with Crippen molar-refractivity contribution < 1.29 is 14.3 Å². The van der Waals surface area contributed by atoms with Gasteiger partial charge in [0.15, 0.2) is 6.61 Å². The fourth-order valence-electron chi connectivity index (χ4n) is 4.24. The van der Waals surface area contributed by atoms with Gasteiger partial charge in [-0.1, -0.05) is 19.1 Å². The molecule has 34 heavy (non-hydrogen) atoms. The Labute approximate surface area is 203 Å². The lowest BCUT2D eigenvalue weighted by Gasteiger charge is -2.43. The Morgan fingerprint density at radius 1 is 1.24 bits per heavy atom. The summed E-state index contributed by atoms with van der Waals surface area (Å²) in [5.41, 5.74) is 7.76. The summed E-state index contributed by atoms with van der Waals surface area (Å²) in [6, 6.07) is 11.7. The highest BCUT2D eigenvalue weighted by Crippen LogP contribution is 2.41. The van der Waals surface area contributed by atoms with Crippen LogP contribution >= 0.6 is 0 Å². The normalized spacial score (nSPS) is 14.4.